The van der Waals surface area contributed by atoms with Crippen LogP contribution in [0.25, 0.3) is 0 Å². The summed E-state index contributed by atoms with van der Waals surface area (Å²) < 4.78 is 0. The van der Waals surface area contributed by atoms with Gasteiger partial charge in [0.2, 0.25) is 0 Å². The lowest BCUT2D eigenvalue weighted by molar-refractivity contribution is 0.216. The van der Waals surface area contributed by atoms with Crippen LogP contribution in [0.2, 0.25) is 0 Å². The Morgan fingerprint density at radius 2 is 2.25 bits per heavy atom. The quantitative estimate of drug-likeness (QED) is 0.627. The maximum atomic E-state index is 11.0. The summed E-state index contributed by atoms with van der Waals surface area (Å²) in [6.07, 6.45) is 2.44. The molecule has 1 unspecified atom stereocenters. The zero-order chi connectivity index (χ0) is 9.14. The van der Waals surface area contributed by atoms with Crippen molar-refractivity contribution >= 4 is 6.03 Å². The van der Waals surface area contributed by atoms with E-state index in [9.17, 15) is 4.79 Å². The third-order valence-electron chi connectivity index (χ3n) is 2.12. The van der Waals surface area contributed by atoms with Crippen molar-refractivity contribution in [3.63, 3.8) is 0 Å². The number of amides is 2. The highest BCUT2D eigenvalue weighted by Gasteiger charge is 2.28. The van der Waals surface area contributed by atoms with Gasteiger partial charge >= 0.3 is 6.03 Å². The Labute approximate surface area is 73.1 Å². The molecule has 0 heterocycles. The molecule has 0 aromatic rings. The van der Waals surface area contributed by atoms with E-state index in [1.807, 2.05) is 0 Å². The third-order valence-corrected chi connectivity index (χ3v) is 2.12. The van der Waals surface area contributed by atoms with Crippen molar-refractivity contribution in [2.24, 2.45) is 11.7 Å². The average Bonchev–Trinajstić information content (AvgIpc) is 2.81. The van der Waals surface area contributed by atoms with Gasteiger partial charge in [-0.1, -0.05) is 0 Å². The maximum absolute atomic E-state index is 11.0. The Balaban J connectivity index is 2.11. The lowest BCUT2D eigenvalue weighted by Crippen LogP contribution is -2.42. The number of nitrogens with two attached hydrogens (primary N) is 1. The van der Waals surface area contributed by atoms with Crippen LogP contribution in [0.4, 0.5) is 4.79 Å². The van der Waals surface area contributed by atoms with E-state index in [-0.39, 0.29) is 12.1 Å². The topological polar surface area (TPSA) is 58.4 Å². The van der Waals surface area contributed by atoms with Crippen LogP contribution < -0.4 is 11.1 Å². The van der Waals surface area contributed by atoms with Gasteiger partial charge < -0.3 is 16.0 Å². The zero-order valence-electron chi connectivity index (χ0n) is 7.71. The predicted molar refractivity (Wildman–Crippen MR) is 47.8 cm³/mol. The molecule has 1 atom stereocenters. The van der Waals surface area contributed by atoms with Crippen molar-refractivity contribution in [1.29, 1.82) is 0 Å². The smallest absolute Gasteiger partial charge is 0.316 e. The van der Waals surface area contributed by atoms with Gasteiger partial charge in [0.05, 0.1) is 0 Å². The van der Waals surface area contributed by atoms with Gasteiger partial charge in [-0.3, -0.25) is 0 Å². The first-order chi connectivity index (χ1) is 5.61. The van der Waals surface area contributed by atoms with E-state index in [4.69, 9.17) is 5.73 Å². The number of rotatable bonds is 3. The van der Waals surface area contributed by atoms with Gasteiger partial charge in [-0.15, -0.1) is 0 Å². The van der Waals surface area contributed by atoms with Gasteiger partial charge in [-0.2, -0.15) is 0 Å². The average molecular weight is 171 g/mol. The number of carbonyl (C=O) groups excluding carboxylic acids is 1. The summed E-state index contributed by atoms with van der Waals surface area (Å²) in [5, 5.41) is 2.77. The van der Waals surface area contributed by atoms with E-state index in [2.05, 4.69) is 5.32 Å². The molecule has 1 aliphatic rings. The van der Waals surface area contributed by atoms with Crippen molar-refractivity contribution in [2.75, 3.05) is 20.6 Å². The summed E-state index contributed by atoms with van der Waals surface area (Å²) in [5.74, 6) is 0.646. The van der Waals surface area contributed by atoms with E-state index in [1.54, 1.807) is 14.1 Å². The van der Waals surface area contributed by atoms with Gasteiger partial charge in [-0.05, 0) is 18.8 Å². The number of hydrogen-bond acceptors (Lipinski definition) is 2. The van der Waals surface area contributed by atoms with Crippen LogP contribution >= 0.6 is 0 Å². The van der Waals surface area contributed by atoms with E-state index in [0.717, 1.165) is 0 Å². The van der Waals surface area contributed by atoms with Gasteiger partial charge in [0, 0.05) is 26.7 Å². The van der Waals surface area contributed by atoms with Crippen LogP contribution in [-0.4, -0.2) is 37.6 Å². The molecule has 1 aliphatic carbocycles. The van der Waals surface area contributed by atoms with Gasteiger partial charge in [0.1, 0.15) is 0 Å². The second kappa shape index (κ2) is 3.76. The van der Waals surface area contributed by atoms with Crippen molar-refractivity contribution in [3.05, 3.63) is 0 Å². The Morgan fingerprint density at radius 1 is 1.67 bits per heavy atom. The predicted octanol–water partition coefficient (Wildman–Crippen LogP) is -0.00510. The molecule has 12 heavy (non-hydrogen) atoms. The minimum Gasteiger partial charge on any atom is -0.336 e. The van der Waals surface area contributed by atoms with Crippen LogP contribution in [0.3, 0.4) is 0 Å². The molecule has 1 saturated carbocycles. The SMILES string of the molecule is CN(C)C(=O)NCC(N)C1CC1. The van der Waals surface area contributed by atoms with Crippen LogP contribution in [0, 0.1) is 5.92 Å². The summed E-state index contributed by atoms with van der Waals surface area (Å²) in [6, 6.07) is 0.0833. The van der Waals surface area contributed by atoms with Crippen LogP contribution in [0.1, 0.15) is 12.8 Å². The molecule has 4 heteroatoms. The lowest BCUT2D eigenvalue weighted by atomic mass is 10.2. The fourth-order valence-corrected chi connectivity index (χ4v) is 1.05. The molecule has 2 amide bonds. The number of nitrogens with one attached hydrogen (secondary N) is 1. The largest absolute Gasteiger partial charge is 0.336 e. The molecule has 4 nitrogen and oxygen atoms in total. The zero-order valence-corrected chi connectivity index (χ0v) is 7.71. The fourth-order valence-electron chi connectivity index (χ4n) is 1.05. The standard InChI is InChI=1S/C8H17N3O/c1-11(2)8(12)10-5-7(9)6-3-4-6/h6-7H,3-5,9H2,1-2H3,(H,10,12). The summed E-state index contributed by atoms with van der Waals surface area (Å²) in [4.78, 5) is 12.6. The number of nitrogens with zero attached hydrogens (tertiary/aromatic N) is 1. The summed E-state index contributed by atoms with van der Waals surface area (Å²) in [6.45, 7) is 0.599. The van der Waals surface area contributed by atoms with E-state index in [0.29, 0.717) is 12.5 Å². The molecular formula is C8H17N3O. The van der Waals surface area contributed by atoms with Crippen LogP contribution in [0.5, 0.6) is 0 Å². The second-order valence-electron chi connectivity index (χ2n) is 3.58. The highest BCUT2D eigenvalue weighted by Crippen LogP contribution is 2.31. The van der Waals surface area contributed by atoms with E-state index < -0.39 is 0 Å². The normalized spacial score (nSPS) is 18.6. The number of hydrogen-bond donors (Lipinski definition) is 2. The molecule has 0 radical (unpaired) electrons. The molecule has 0 aromatic heterocycles. The van der Waals surface area contributed by atoms with Crippen LogP contribution in [-0.2, 0) is 0 Å². The summed E-state index contributed by atoms with van der Waals surface area (Å²) >= 11 is 0. The van der Waals surface area contributed by atoms with Crippen LogP contribution in [0.15, 0.2) is 0 Å². The monoisotopic (exact) mass is 171 g/mol. The molecule has 1 fully saturated rings. The molecule has 70 valence electrons. The molecule has 0 aliphatic heterocycles. The minimum absolute atomic E-state index is 0.0638. The Morgan fingerprint density at radius 3 is 2.67 bits per heavy atom. The Hall–Kier alpha value is -0.770. The molecule has 0 saturated heterocycles. The molecule has 0 bridgehead atoms. The maximum Gasteiger partial charge on any atom is 0.316 e. The summed E-state index contributed by atoms with van der Waals surface area (Å²) in [7, 11) is 3.44. The van der Waals surface area contributed by atoms with Crippen molar-refractivity contribution in [1.82, 2.24) is 10.2 Å². The highest BCUT2D eigenvalue weighted by atomic mass is 16.2. The number of urea groups is 1. The highest BCUT2D eigenvalue weighted by molar-refractivity contribution is 5.73. The Bertz CT molecular complexity index is 166. The first kappa shape index (κ1) is 9.32. The first-order valence-electron chi connectivity index (χ1n) is 4.32. The second-order valence-corrected chi connectivity index (χ2v) is 3.58. The molecule has 1 rings (SSSR count). The molecule has 0 spiro atoms. The fraction of sp³-hybridized carbons (Fsp3) is 0.875. The molecule has 3 N–H and O–H groups in total. The minimum atomic E-state index is -0.0638. The van der Waals surface area contributed by atoms with Crippen molar-refractivity contribution in [2.45, 2.75) is 18.9 Å². The van der Waals surface area contributed by atoms with Crippen molar-refractivity contribution < 1.29 is 4.79 Å². The van der Waals surface area contributed by atoms with Gasteiger partial charge in [0.15, 0.2) is 0 Å². The van der Waals surface area contributed by atoms with E-state index in [1.165, 1.54) is 17.7 Å². The number of carbonyl (C=O) groups is 1. The third kappa shape index (κ3) is 2.70. The van der Waals surface area contributed by atoms with Gasteiger partial charge in [-0.25, -0.2) is 4.79 Å². The van der Waals surface area contributed by atoms with Crippen molar-refractivity contribution in [3.8, 4) is 0 Å². The molecule has 0 aromatic carbocycles. The molecular weight excluding hydrogens is 154 g/mol. The Kier molecular flexibility index (Phi) is 2.92. The van der Waals surface area contributed by atoms with E-state index >= 15 is 0 Å². The lowest BCUT2D eigenvalue weighted by Gasteiger charge is -2.15. The first-order valence-corrected chi connectivity index (χ1v) is 4.32. The van der Waals surface area contributed by atoms with Gasteiger partial charge in [0.25, 0.3) is 0 Å². The summed E-state index contributed by atoms with van der Waals surface area (Å²) in [5.41, 5.74) is 5.79.